The van der Waals surface area contributed by atoms with Crippen LogP contribution in [-0.2, 0) is 17.7 Å². The lowest BCUT2D eigenvalue weighted by atomic mass is 10.1. The van der Waals surface area contributed by atoms with Crippen molar-refractivity contribution in [2.45, 2.75) is 40.2 Å². The van der Waals surface area contributed by atoms with Gasteiger partial charge in [-0.2, -0.15) is 4.98 Å². The number of anilines is 1. The van der Waals surface area contributed by atoms with E-state index in [0.29, 0.717) is 12.5 Å². The molecule has 0 saturated carbocycles. The lowest BCUT2D eigenvalue weighted by molar-refractivity contribution is 0.0375. The lowest BCUT2D eigenvalue weighted by Gasteiger charge is -2.26. The summed E-state index contributed by atoms with van der Waals surface area (Å²) in [6.07, 6.45) is 6.20. The number of hydrogen-bond donors (Lipinski definition) is 1. The number of aryl methyl sites for hydroxylation is 3. The molecule has 2 N–H and O–H groups in total. The van der Waals surface area contributed by atoms with Gasteiger partial charge in [0.2, 0.25) is 5.95 Å². The van der Waals surface area contributed by atoms with E-state index in [1.807, 2.05) is 13.1 Å². The minimum atomic E-state index is 0.314. The highest BCUT2D eigenvalue weighted by molar-refractivity contribution is 9.10. The first-order chi connectivity index (χ1) is 14.4. The third kappa shape index (κ3) is 4.36. The van der Waals surface area contributed by atoms with Crippen molar-refractivity contribution < 1.29 is 4.74 Å². The molecule has 3 aromatic heterocycles. The number of hydrogen-bond acceptors (Lipinski definition) is 6. The molecule has 160 valence electrons. The lowest BCUT2D eigenvalue weighted by Crippen LogP contribution is -2.36. The van der Waals surface area contributed by atoms with E-state index < -0.39 is 0 Å². The van der Waals surface area contributed by atoms with Crippen molar-refractivity contribution >= 4 is 32.9 Å². The number of pyridine rings is 1. The Morgan fingerprint density at radius 2 is 1.93 bits per heavy atom. The molecule has 4 heterocycles. The van der Waals surface area contributed by atoms with E-state index in [1.54, 1.807) is 0 Å². The molecule has 1 fully saturated rings. The van der Waals surface area contributed by atoms with Crippen molar-refractivity contribution in [3.63, 3.8) is 0 Å². The molecule has 0 atom stereocenters. The number of morpholine rings is 1. The molecule has 0 unspecified atom stereocenters. The zero-order chi connectivity index (χ0) is 21.3. The van der Waals surface area contributed by atoms with E-state index in [-0.39, 0.29) is 0 Å². The van der Waals surface area contributed by atoms with Gasteiger partial charge in [-0.1, -0.05) is 15.9 Å². The van der Waals surface area contributed by atoms with E-state index >= 15 is 0 Å². The standard InChI is InChI=1S/C22H29BrN6O/c1-14-11-25-18(15(2)20(14)23)13-29-12-17(5-4-6-28-7-9-30-10-8-28)19-16(3)26-22(24)27-21(19)29/h11-12H,4-10,13H2,1-3H3,(H2,24,26,27). The summed E-state index contributed by atoms with van der Waals surface area (Å²) in [5, 5.41) is 1.12. The Morgan fingerprint density at radius 1 is 1.17 bits per heavy atom. The SMILES string of the molecule is Cc1cnc(Cn2cc(CCCN3CCOCC3)c3c(C)nc(N)nc32)c(C)c1Br. The zero-order valence-electron chi connectivity index (χ0n) is 17.9. The predicted molar refractivity (Wildman–Crippen MR) is 123 cm³/mol. The minimum absolute atomic E-state index is 0.314. The normalized spacial score (nSPS) is 15.2. The van der Waals surface area contributed by atoms with Gasteiger partial charge < -0.3 is 15.0 Å². The van der Waals surface area contributed by atoms with E-state index in [1.165, 1.54) is 5.56 Å². The second-order valence-electron chi connectivity index (χ2n) is 8.03. The first-order valence-electron chi connectivity index (χ1n) is 10.5. The van der Waals surface area contributed by atoms with E-state index in [0.717, 1.165) is 83.7 Å². The van der Waals surface area contributed by atoms with Gasteiger partial charge in [0.1, 0.15) is 5.65 Å². The Labute approximate surface area is 185 Å². The summed E-state index contributed by atoms with van der Waals surface area (Å²) in [6, 6.07) is 0. The summed E-state index contributed by atoms with van der Waals surface area (Å²) in [7, 11) is 0. The molecule has 0 spiro atoms. The van der Waals surface area contributed by atoms with Gasteiger partial charge in [0.15, 0.2) is 0 Å². The van der Waals surface area contributed by atoms with Crippen LogP contribution in [0.4, 0.5) is 5.95 Å². The third-order valence-corrected chi connectivity index (χ3v) is 7.08. The average Bonchev–Trinajstić information content (AvgIpc) is 3.06. The molecular formula is C22H29BrN6O. The number of fused-ring (bicyclic) bond motifs is 1. The molecule has 0 bridgehead atoms. The third-order valence-electron chi connectivity index (χ3n) is 5.86. The summed E-state index contributed by atoms with van der Waals surface area (Å²) in [5.41, 5.74) is 12.4. The quantitative estimate of drug-likeness (QED) is 0.591. The Bertz CT molecular complexity index is 1060. The first-order valence-corrected chi connectivity index (χ1v) is 11.3. The Balaban J connectivity index is 1.62. The summed E-state index contributed by atoms with van der Waals surface area (Å²) < 4.78 is 8.73. The monoisotopic (exact) mass is 472 g/mol. The number of rotatable bonds is 6. The van der Waals surface area contributed by atoms with Crippen molar-refractivity contribution in [1.29, 1.82) is 0 Å². The van der Waals surface area contributed by atoms with Crippen LogP contribution in [0, 0.1) is 20.8 Å². The zero-order valence-corrected chi connectivity index (χ0v) is 19.5. The molecular weight excluding hydrogens is 444 g/mol. The number of aromatic nitrogens is 4. The van der Waals surface area contributed by atoms with Crippen molar-refractivity contribution in [1.82, 2.24) is 24.4 Å². The van der Waals surface area contributed by atoms with Crippen LogP contribution in [0.1, 0.15) is 34.5 Å². The molecule has 0 aliphatic carbocycles. The molecule has 1 aliphatic heterocycles. The highest BCUT2D eigenvalue weighted by Crippen LogP contribution is 2.27. The highest BCUT2D eigenvalue weighted by atomic mass is 79.9. The Kier molecular flexibility index (Phi) is 6.36. The van der Waals surface area contributed by atoms with Gasteiger partial charge in [-0.15, -0.1) is 0 Å². The fraction of sp³-hybridized carbons (Fsp3) is 0.500. The summed E-state index contributed by atoms with van der Waals surface area (Å²) in [4.78, 5) is 16.2. The second kappa shape index (κ2) is 8.99. The van der Waals surface area contributed by atoms with E-state index in [2.05, 4.69) is 60.4 Å². The topological polar surface area (TPSA) is 82.1 Å². The Morgan fingerprint density at radius 3 is 2.70 bits per heavy atom. The molecule has 0 aromatic carbocycles. The molecule has 0 radical (unpaired) electrons. The molecule has 30 heavy (non-hydrogen) atoms. The van der Waals surface area contributed by atoms with Gasteiger partial charge in [0.05, 0.1) is 31.1 Å². The van der Waals surface area contributed by atoms with Crippen LogP contribution in [0.5, 0.6) is 0 Å². The molecule has 3 aromatic rings. The van der Waals surface area contributed by atoms with Crippen LogP contribution in [0.25, 0.3) is 11.0 Å². The maximum Gasteiger partial charge on any atom is 0.222 e. The summed E-state index contributed by atoms with van der Waals surface area (Å²) >= 11 is 3.69. The molecule has 4 rings (SSSR count). The highest BCUT2D eigenvalue weighted by Gasteiger charge is 2.17. The van der Waals surface area contributed by atoms with Gasteiger partial charge in [-0.25, -0.2) is 4.98 Å². The van der Waals surface area contributed by atoms with Gasteiger partial charge in [-0.3, -0.25) is 9.88 Å². The van der Waals surface area contributed by atoms with Crippen LogP contribution >= 0.6 is 15.9 Å². The average molecular weight is 473 g/mol. The maximum absolute atomic E-state index is 5.99. The molecule has 0 amide bonds. The Hall–Kier alpha value is -2.03. The largest absolute Gasteiger partial charge is 0.379 e. The molecule has 1 aliphatic rings. The smallest absolute Gasteiger partial charge is 0.222 e. The van der Waals surface area contributed by atoms with E-state index in [4.69, 9.17) is 10.5 Å². The summed E-state index contributed by atoms with van der Waals surface area (Å²) in [5.74, 6) is 0.314. The second-order valence-corrected chi connectivity index (χ2v) is 8.83. The summed E-state index contributed by atoms with van der Waals surface area (Å²) in [6.45, 7) is 11.6. The van der Waals surface area contributed by atoms with Crippen LogP contribution in [0.3, 0.4) is 0 Å². The van der Waals surface area contributed by atoms with E-state index in [9.17, 15) is 0 Å². The van der Waals surface area contributed by atoms with Crippen LogP contribution in [-0.4, -0.2) is 57.3 Å². The number of nitrogens with zero attached hydrogens (tertiary/aromatic N) is 5. The van der Waals surface area contributed by atoms with Crippen molar-refractivity contribution in [2.75, 3.05) is 38.6 Å². The number of ether oxygens (including phenoxy) is 1. The number of halogens is 1. The number of nitrogen functional groups attached to an aromatic ring is 1. The van der Waals surface area contributed by atoms with Gasteiger partial charge in [0, 0.05) is 35.3 Å². The predicted octanol–water partition coefficient (Wildman–Crippen LogP) is 3.41. The fourth-order valence-electron chi connectivity index (χ4n) is 4.18. The molecule has 8 heteroatoms. The van der Waals surface area contributed by atoms with Crippen LogP contribution in [0.2, 0.25) is 0 Å². The van der Waals surface area contributed by atoms with Crippen molar-refractivity contribution in [2.24, 2.45) is 0 Å². The van der Waals surface area contributed by atoms with Gasteiger partial charge in [0.25, 0.3) is 0 Å². The fourth-order valence-corrected chi connectivity index (χ4v) is 4.51. The van der Waals surface area contributed by atoms with Crippen molar-refractivity contribution in [3.05, 3.63) is 44.9 Å². The van der Waals surface area contributed by atoms with Gasteiger partial charge in [-0.05, 0) is 56.8 Å². The minimum Gasteiger partial charge on any atom is -0.379 e. The first kappa shape index (κ1) is 21.2. The van der Waals surface area contributed by atoms with Crippen LogP contribution < -0.4 is 5.73 Å². The number of nitrogens with two attached hydrogens (primary N) is 1. The van der Waals surface area contributed by atoms with Gasteiger partial charge >= 0.3 is 0 Å². The molecule has 1 saturated heterocycles. The molecule has 7 nitrogen and oxygen atoms in total. The maximum atomic E-state index is 5.99. The van der Waals surface area contributed by atoms with Crippen LogP contribution in [0.15, 0.2) is 16.9 Å². The van der Waals surface area contributed by atoms with Crippen molar-refractivity contribution in [3.8, 4) is 0 Å².